The number of carbonyl (C=O) groups excluding carboxylic acids is 14. The standard InChI is InChI=1S/C71H119N19O21/c1-32(2)29-34(5)54(95)37(8)59(99)83-44(31-49(73)94)61(101)81-42(17-15-26-79-70(75)76)55(96)56(97)66(106)85-50(35(6)36(7)58(74)98)63(103)87-52-39(10)111-69(109)47-19-13-14-28-90(47)68(108)53(57(110-12)40-20-22-41(92)23-21-40)88-62(102)46(24-25-48(72)93)89(11)67(107)45(30-33(3)4)84-60(100)43(18-16-27-80-71(77)78)82-64(104)51(38(9)91)86-65(52)105/h20-23,32-39,42-47,50-57,91-92,95-97H,13-19,24-31H2,1-12H3,(H2,72,93)(H2,73,94)(H2,74,98)(H,81,101)(H,82,104)(H,83,99)(H,84,100)(H,85,106)(H,86,105)(H,87,103)(H,88,102)(H4,75,76,79)(H4,77,78,80)/t34?,35?,36?,37?,38-,39-,42+,43-,44-,45+,46+,47+,50?,51-,52-,53?,54?,55-,56-,57?/m1/s1. The minimum atomic E-state index is -2.67. The van der Waals surface area contributed by atoms with Crippen LogP contribution in [-0.4, -0.2) is 255 Å². The van der Waals surface area contributed by atoms with Crippen LogP contribution in [0.25, 0.3) is 0 Å². The van der Waals surface area contributed by atoms with Crippen LogP contribution in [0.3, 0.4) is 0 Å². The number of aliphatic hydroxyl groups excluding tert-OH is 4. The molecule has 8 unspecified atom stereocenters. The number of phenolic OH excluding ortho intramolecular Hbond substituents is 1. The summed E-state index contributed by atoms with van der Waals surface area (Å²) in [6, 6.07) is -13.0. The molecule has 111 heavy (non-hydrogen) atoms. The van der Waals surface area contributed by atoms with E-state index >= 15 is 24.0 Å². The molecule has 40 nitrogen and oxygen atoms in total. The lowest BCUT2D eigenvalue weighted by Crippen LogP contribution is -2.65. The Morgan fingerprint density at radius 2 is 1.24 bits per heavy atom. The topological polar surface area (TPSA) is 668 Å². The third-order valence-corrected chi connectivity index (χ3v) is 19.5. The number of carbonyl (C=O) groups is 14. The molecule has 0 bridgehead atoms. The summed E-state index contributed by atoms with van der Waals surface area (Å²) in [5.74, 6) is -21.7. The van der Waals surface area contributed by atoms with E-state index in [2.05, 4.69) is 52.5 Å². The molecule has 27 N–H and O–H groups in total. The molecule has 0 aromatic heterocycles. The highest BCUT2D eigenvalue weighted by Crippen LogP contribution is 2.30. The first-order valence-corrected chi connectivity index (χ1v) is 37.1. The number of amides is 13. The van der Waals surface area contributed by atoms with E-state index < -0.39 is 223 Å². The van der Waals surface area contributed by atoms with E-state index in [9.17, 15) is 68.7 Å². The second-order valence-corrected chi connectivity index (χ2v) is 29.5. The maximum atomic E-state index is 15.6. The van der Waals surface area contributed by atoms with E-state index in [-0.39, 0.29) is 106 Å². The average Bonchev–Trinajstić information content (AvgIpc) is 0.786. The fraction of sp³-hybridized carbons (Fsp3) is 0.690. The van der Waals surface area contributed by atoms with Crippen molar-refractivity contribution in [1.82, 2.24) is 52.3 Å². The van der Waals surface area contributed by atoms with Gasteiger partial charge in [-0.05, 0) is 119 Å². The van der Waals surface area contributed by atoms with Crippen molar-refractivity contribution < 1.29 is 102 Å². The lowest BCUT2D eigenvalue weighted by Gasteiger charge is -2.39. The number of aliphatic hydroxyl groups is 4. The number of piperidine rings is 1. The smallest absolute Gasteiger partial charge is 0.329 e. The third kappa shape index (κ3) is 29.6. The van der Waals surface area contributed by atoms with Gasteiger partial charge in [0.25, 0.3) is 5.91 Å². The number of methoxy groups -OCH3 is 1. The van der Waals surface area contributed by atoms with Gasteiger partial charge in [0.15, 0.2) is 18.0 Å². The molecule has 1 aromatic rings. The fourth-order valence-electron chi connectivity index (χ4n) is 13.0. The Kier molecular flexibility index (Phi) is 38.8. The van der Waals surface area contributed by atoms with Gasteiger partial charge in [-0.25, -0.2) is 4.79 Å². The number of rotatable bonds is 36. The largest absolute Gasteiger partial charge is 0.508 e. The zero-order chi connectivity index (χ0) is 84.2. The Bertz CT molecular complexity index is 3430. The molecule has 0 aliphatic carbocycles. The van der Waals surface area contributed by atoms with Crippen LogP contribution in [0.1, 0.15) is 158 Å². The molecule has 0 spiro atoms. The number of aromatic hydroxyl groups is 1. The molecule has 2 aliphatic rings. The number of aliphatic imine (C=N–C) groups is 2. The molecule has 2 heterocycles. The quantitative estimate of drug-likeness (QED) is 0.0129. The number of nitrogens with zero attached hydrogens (tertiary/aromatic N) is 4. The van der Waals surface area contributed by atoms with Crippen molar-refractivity contribution in [1.29, 1.82) is 0 Å². The molecular weight excluding hydrogens is 1450 g/mol. The molecule has 2 fully saturated rings. The maximum Gasteiger partial charge on any atom is 0.329 e. The molecule has 0 radical (unpaired) electrons. The molecule has 3 rings (SSSR count). The van der Waals surface area contributed by atoms with Crippen molar-refractivity contribution in [3.05, 3.63) is 29.8 Å². The summed E-state index contributed by atoms with van der Waals surface area (Å²) in [4.78, 5) is 211. The molecule has 40 heteroatoms. The zero-order valence-corrected chi connectivity index (χ0v) is 65.2. The van der Waals surface area contributed by atoms with Gasteiger partial charge >= 0.3 is 5.97 Å². The number of hydrogen-bond donors (Lipinski definition) is 20. The van der Waals surface area contributed by atoms with Crippen molar-refractivity contribution in [2.24, 2.45) is 85.6 Å². The normalized spacial score (nSPS) is 23.2. The molecular formula is C71H119N19O21. The summed E-state index contributed by atoms with van der Waals surface area (Å²) in [6.07, 6.45) is -13.5. The first-order chi connectivity index (χ1) is 51.8. The highest BCUT2D eigenvalue weighted by atomic mass is 16.5. The van der Waals surface area contributed by atoms with Crippen LogP contribution >= 0.6 is 0 Å². The predicted molar refractivity (Wildman–Crippen MR) is 401 cm³/mol. The highest BCUT2D eigenvalue weighted by Gasteiger charge is 2.47. The SMILES string of the molecule is COC(c1ccc(O)cc1)C1NC(=O)[C@H](CCC(N)=O)N(C)C(=O)[C@H](CC(C)C)NC(=O)[C@@H](CCCN=C(N)N)NC(=O)[C@@H]([C@@H](C)O)NC(=O)[C@H](NC(=O)C(NC(=O)[C@H](O)[C@H](O)[C@H](CCCN=C(N)N)NC(=O)[C@@H](CC(N)=O)NC(=O)C(C)C(O)C(C)CC(C)C)C(C)C(C)C(N)=O)[C@@H](C)OC(=O)[C@@H]2CCCCN2C1=O. The minimum Gasteiger partial charge on any atom is -0.508 e. The second-order valence-electron chi connectivity index (χ2n) is 29.5. The first kappa shape index (κ1) is 95.1. The number of cyclic esters (lactones) is 1. The van der Waals surface area contributed by atoms with E-state index in [0.29, 0.717) is 6.42 Å². The second kappa shape index (κ2) is 45.3. The summed E-state index contributed by atoms with van der Waals surface area (Å²) < 4.78 is 11.9. The summed E-state index contributed by atoms with van der Waals surface area (Å²) >= 11 is 0. The number of likely N-dealkylation sites (N-methyl/N-ethyl adjacent to an activating group) is 1. The van der Waals surface area contributed by atoms with Gasteiger partial charge in [0.2, 0.25) is 70.9 Å². The van der Waals surface area contributed by atoms with Gasteiger partial charge < -0.3 is 127 Å². The molecule has 624 valence electrons. The van der Waals surface area contributed by atoms with Crippen LogP contribution in [0.2, 0.25) is 0 Å². The predicted octanol–water partition coefficient (Wildman–Crippen LogP) is -6.05. The van der Waals surface area contributed by atoms with Crippen LogP contribution in [0.15, 0.2) is 34.3 Å². The number of nitrogens with two attached hydrogens (primary N) is 7. The van der Waals surface area contributed by atoms with Crippen molar-refractivity contribution in [3.63, 3.8) is 0 Å². The van der Waals surface area contributed by atoms with Gasteiger partial charge in [0.05, 0.1) is 30.6 Å². The van der Waals surface area contributed by atoms with Gasteiger partial charge in [0.1, 0.15) is 78.4 Å². The summed E-state index contributed by atoms with van der Waals surface area (Å²) in [5, 5.41) is 76.1. The number of fused-ring (bicyclic) bond motifs is 1. The molecule has 1 aromatic carbocycles. The van der Waals surface area contributed by atoms with E-state index in [1.54, 1.807) is 20.8 Å². The van der Waals surface area contributed by atoms with Gasteiger partial charge in [-0.3, -0.25) is 72.3 Å². The van der Waals surface area contributed by atoms with Crippen LogP contribution in [-0.2, 0) is 76.6 Å². The molecule has 0 saturated carbocycles. The van der Waals surface area contributed by atoms with Crippen molar-refractivity contribution >= 4 is 94.7 Å². The van der Waals surface area contributed by atoms with Crippen molar-refractivity contribution in [3.8, 4) is 5.75 Å². The van der Waals surface area contributed by atoms with Gasteiger partial charge in [-0.15, -0.1) is 0 Å². The lowest BCUT2D eigenvalue weighted by molar-refractivity contribution is -0.165. The summed E-state index contributed by atoms with van der Waals surface area (Å²) in [6.45, 7) is 14.4. The number of esters is 1. The summed E-state index contributed by atoms with van der Waals surface area (Å²) in [7, 11) is 2.40. The van der Waals surface area contributed by atoms with Gasteiger partial charge in [-0.1, -0.05) is 67.5 Å². The monoisotopic (exact) mass is 1570 g/mol. The molecule has 13 amide bonds. The van der Waals surface area contributed by atoms with Crippen LogP contribution < -0.4 is 82.7 Å². The van der Waals surface area contributed by atoms with E-state index in [0.717, 1.165) is 23.6 Å². The van der Waals surface area contributed by atoms with Crippen LogP contribution in [0.5, 0.6) is 5.75 Å². The number of guanidine groups is 2. The molecule has 2 aliphatic heterocycles. The molecule has 2 saturated heterocycles. The van der Waals surface area contributed by atoms with E-state index in [1.807, 2.05) is 13.8 Å². The average molecular weight is 1570 g/mol. The van der Waals surface area contributed by atoms with Crippen LogP contribution in [0, 0.1) is 35.5 Å². The van der Waals surface area contributed by atoms with Crippen molar-refractivity contribution in [2.45, 2.75) is 243 Å². The Hall–Kier alpha value is -10.1. The number of nitrogens with one attached hydrogen (secondary N) is 8. The molecule has 20 atom stereocenters. The highest BCUT2D eigenvalue weighted by molar-refractivity contribution is 6.00. The Labute approximate surface area is 645 Å². The Morgan fingerprint density at radius 3 is 1.79 bits per heavy atom. The van der Waals surface area contributed by atoms with E-state index in [1.165, 1.54) is 59.2 Å². The minimum absolute atomic E-state index is 0.0507. The van der Waals surface area contributed by atoms with E-state index in [4.69, 9.17) is 49.6 Å². The third-order valence-electron chi connectivity index (χ3n) is 19.5. The number of ether oxygens (including phenoxy) is 2. The fourth-order valence-corrected chi connectivity index (χ4v) is 13.0. The Balaban J connectivity index is 2.38. The van der Waals surface area contributed by atoms with Gasteiger partial charge in [0, 0.05) is 46.1 Å². The lowest BCUT2D eigenvalue weighted by atomic mass is 9.87. The Morgan fingerprint density at radius 1 is 0.649 bits per heavy atom. The first-order valence-electron chi connectivity index (χ1n) is 37.1. The maximum absolute atomic E-state index is 15.6. The number of phenols is 1. The number of hydrogen-bond acceptors (Lipinski definition) is 23. The number of benzene rings is 1. The van der Waals surface area contributed by atoms with Crippen LogP contribution in [0.4, 0.5) is 0 Å². The van der Waals surface area contributed by atoms with Crippen molar-refractivity contribution in [2.75, 3.05) is 33.8 Å². The van der Waals surface area contributed by atoms with Gasteiger partial charge in [-0.2, -0.15) is 0 Å². The zero-order valence-electron chi connectivity index (χ0n) is 65.2. The summed E-state index contributed by atoms with van der Waals surface area (Å²) in [5.41, 5.74) is 39.3. The number of primary amides is 3.